The van der Waals surface area contributed by atoms with Crippen LogP contribution in [0.4, 0.5) is 4.39 Å². The van der Waals surface area contributed by atoms with E-state index in [0.29, 0.717) is 12.1 Å². The summed E-state index contributed by atoms with van der Waals surface area (Å²) >= 11 is 1.54. The van der Waals surface area contributed by atoms with Gasteiger partial charge in [-0.15, -0.1) is 11.3 Å². The predicted molar refractivity (Wildman–Crippen MR) is 100 cm³/mol. The Kier molecular flexibility index (Phi) is 4.68. The minimum absolute atomic E-state index is 0.114. The SMILES string of the molecule is Cc1ccsc1C1CN(C(=O)c2noc(-c3ccc(F)cc3)n2)C(C)C(=O)N1. The van der Waals surface area contributed by atoms with Gasteiger partial charge >= 0.3 is 0 Å². The molecule has 2 aromatic heterocycles. The van der Waals surface area contributed by atoms with Crippen LogP contribution in [-0.4, -0.2) is 39.4 Å². The zero-order chi connectivity index (χ0) is 19.8. The van der Waals surface area contributed by atoms with Crippen molar-refractivity contribution in [2.75, 3.05) is 6.54 Å². The number of carbonyl (C=O) groups excluding carboxylic acids is 2. The van der Waals surface area contributed by atoms with Crippen LogP contribution >= 0.6 is 11.3 Å². The Hall–Kier alpha value is -3.07. The highest BCUT2D eigenvalue weighted by atomic mass is 32.1. The molecule has 0 spiro atoms. The average molecular weight is 400 g/mol. The molecule has 0 bridgehead atoms. The van der Waals surface area contributed by atoms with Crippen molar-refractivity contribution in [2.24, 2.45) is 0 Å². The molecule has 0 aliphatic carbocycles. The Labute approximate surface area is 164 Å². The summed E-state index contributed by atoms with van der Waals surface area (Å²) in [6, 6.07) is 6.56. The van der Waals surface area contributed by atoms with E-state index in [9.17, 15) is 14.0 Å². The summed E-state index contributed by atoms with van der Waals surface area (Å²) in [6.07, 6.45) is 0. The fourth-order valence-corrected chi connectivity index (χ4v) is 4.10. The summed E-state index contributed by atoms with van der Waals surface area (Å²) in [5.41, 5.74) is 1.57. The van der Waals surface area contributed by atoms with E-state index in [1.54, 1.807) is 6.92 Å². The minimum Gasteiger partial charge on any atom is -0.345 e. The molecule has 1 aliphatic rings. The number of rotatable bonds is 3. The second-order valence-corrected chi connectivity index (χ2v) is 7.54. The fraction of sp³-hybridized carbons (Fsp3) is 0.263. The van der Waals surface area contributed by atoms with Crippen LogP contribution in [-0.2, 0) is 4.79 Å². The Bertz CT molecular complexity index is 1030. The molecule has 28 heavy (non-hydrogen) atoms. The van der Waals surface area contributed by atoms with E-state index >= 15 is 0 Å². The summed E-state index contributed by atoms with van der Waals surface area (Å²) in [5.74, 6) is -1.13. The number of halogens is 1. The van der Waals surface area contributed by atoms with Crippen LogP contribution in [0.5, 0.6) is 0 Å². The van der Waals surface area contributed by atoms with Crippen molar-refractivity contribution in [3.8, 4) is 11.5 Å². The molecule has 144 valence electrons. The number of aromatic nitrogens is 2. The zero-order valence-corrected chi connectivity index (χ0v) is 16.0. The van der Waals surface area contributed by atoms with E-state index in [4.69, 9.17) is 4.52 Å². The lowest BCUT2D eigenvalue weighted by molar-refractivity contribution is -0.128. The highest BCUT2D eigenvalue weighted by molar-refractivity contribution is 7.10. The van der Waals surface area contributed by atoms with Gasteiger partial charge in [0.25, 0.3) is 17.6 Å². The molecule has 1 N–H and O–H groups in total. The lowest BCUT2D eigenvalue weighted by atomic mass is 10.1. The summed E-state index contributed by atoms with van der Waals surface area (Å²) in [7, 11) is 0. The summed E-state index contributed by atoms with van der Waals surface area (Å²) in [5, 5.41) is 8.67. The van der Waals surface area contributed by atoms with Crippen LogP contribution < -0.4 is 5.32 Å². The van der Waals surface area contributed by atoms with Crippen LogP contribution in [0.2, 0.25) is 0 Å². The maximum atomic E-state index is 13.1. The van der Waals surface area contributed by atoms with Gasteiger partial charge in [0.05, 0.1) is 6.04 Å². The average Bonchev–Trinajstić information content (AvgIpc) is 3.33. The van der Waals surface area contributed by atoms with E-state index in [2.05, 4.69) is 15.5 Å². The van der Waals surface area contributed by atoms with E-state index in [0.717, 1.165) is 10.4 Å². The Morgan fingerprint density at radius 1 is 1.32 bits per heavy atom. The van der Waals surface area contributed by atoms with Gasteiger partial charge < -0.3 is 14.7 Å². The first-order valence-corrected chi connectivity index (χ1v) is 9.57. The van der Waals surface area contributed by atoms with Gasteiger partial charge in [0.2, 0.25) is 5.91 Å². The van der Waals surface area contributed by atoms with Gasteiger partial charge in [-0.2, -0.15) is 4.98 Å². The van der Waals surface area contributed by atoms with Crippen molar-refractivity contribution in [3.05, 3.63) is 57.8 Å². The van der Waals surface area contributed by atoms with Gasteiger partial charge in [-0.1, -0.05) is 5.16 Å². The summed E-state index contributed by atoms with van der Waals surface area (Å²) in [4.78, 5) is 32.0. The number of aryl methyl sites for hydroxylation is 1. The molecular weight excluding hydrogens is 383 g/mol. The normalized spacial score (nSPS) is 19.5. The number of nitrogens with zero attached hydrogens (tertiary/aromatic N) is 3. The second kappa shape index (κ2) is 7.16. The molecule has 1 saturated heterocycles. The first kappa shape index (κ1) is 18.3. The maximum absolute atomic E-state index is 13.1. The predicted octanol–water partition coefficient (Wildman–Crippen LogP) is 2.95. The number of thiophene rings is 1. The Morgan fingerprint density at radius 2 is 2.07 bits per heavy atom. The monoisotopic (exact) mass is 400 g/mol. The van der Waals surface area contributed by atoms with Crippen LogP contribution in [0.1, 0.15) is 34.0 Å². The first-order chi connectivity index (χ1) is 13.4. The molecule has 2 amide bonds. The minimum atomic E-state index is -0.656. The second-order valence-electron chi connectivity index (χ2n) is 6.59. The molecule has 3 heterocycles. The molecule has 2 unspecified atom stereocenters. The quantitative estimate of drug-likeness (QED) is 0.730. The van der Waals surface area contributed by atoms with Gasteiger partial charge in [0.1, 0.15) is 11.9 Å². The Balaban J connectivity index is 1.58. The summed E-state index contributed by atoms with van der Waals surface area (Å²) < 4.78 is 18.2. The standard InChI is InChI=1S/C19H17FN4O3S/c1-10-7-8-28-15(10)14-9-24(11(2)17(25)21-14)19(26)16-22-18(27-23-16)12-3-5-13(20)6-4-12/h3-8,11,14H,9H2,1-2H3,(H,21,25). The molecular formula is C19H17FN4O3S. The number of nitrogens with one attached hydrogen (secondary N) is 1. The smallest absolute Gasteiger partial charge is 0.296 e. The first-order valence-electron chi connectivity index (χ1n) is 8.69. The highest BCUT2D eigenvalue weighted by Crippen LogP contribution is 2.28. The molecule has 3 aromatic rings. The molecule has 4 rings (SSSR count). The lowest BCUT2D eigenvalue weighted by Gasteiger charge is -2.37. The molecule has 1 fully saturated rings. The van der Waals surface area contributed by atoms with Crippen LogP contribution in [0, 0.1) is 12.7 Å². The van der Waals surface area contributed by atoms with Gasteiger partial charge in [-0.05, 0) is 55.1 Å². The van der Waals surface area contributed by atoms with E-state index < -0.39 is 11.9 Å². The van der Waals surface area contributed by atoms with Gasteiger partial charge in [0.15, 0.2) is 0 Å². The molecule has 0 radical (unpaired) electrons. The van der Waals surface area contributed by atoms with Crippen molar-refractivity contribution in [3.63, 3.8) is 0 Å². The van der Waals surface area contributed by atoms with Crippen molar-refractivity contribution in [2.45, 2.75) is 25.9 Å². The van der Waals surface area contributed by atoms with Crippen molar-refractivity contribution >= 4 is 23.2 Å². The number of piperazine rings is 1. The van der Waals surface area contributed by atoms with Crippen LogP contribution in [0.15, 0.2) is 40.2 Å². The number of amides is 2. The van der Waals surface area contributed by atoms with Crippen molar-refractivity contribution < 1.29 is 18.5 Å². The van der Waals surface area contributed by atoms with Crippen LogP contribution in [0.3, 0.4) is 0 Å². The Morgan fingerprint density at radius 3 is 2.75 bits per heavy atom. The fourth-order valence-electron chi connectivity index (χ4n) is 3.13. The van der Waals surface area contributed by atoms with E-state index in [1.165, 1.54) is 40.5 Å². The number of benzene rings is 1. The van der Waals surface area contributed by atoms with E-state index in [-0.39, 0.29) is 29.5 Å². The van der Waals surface area contributed by atoms with Crippen molar-refractivity contribution in [1.82, 2.24) is 20.4 Å². The molecule has 1 aromatic carbocycles. The van der Waals surface area contributed by atoms with Gasteiger partial charge in [-0.3, -0.25) is 9.59 Å². The van der Waals surface area contributed by atoms with Gasteiger partial charge in [-0.25, -0.2) is 4.39 Å². The summed E-state index contributed by atoms with van der Waals surface area (Å²) in [6.45, 7) is 3.94. The van der Waals surface area contributed by atoms with Gasteiger partial charge in [0, 0.05) is 17.0 Å². The third-order valence-corrected chi connectivity index (χ3v) is 5.86. The number of carbonyl (C=O) groups is 2. The highest BCUT2D eigenvalue weighted by Gasteiger charge is 2.37. The maximum Gasteiger partial charge on any atom is 0.296 e. The molecule has 2 atom stereocenters. The zero-order valence-electron chi connectivity index (χ0n) is 15.2. The third-order valence-electron chi connectivity index (χ3n) is 4.73. The van der Waals surface area contributed by atoms with Crippen molar-refractivity contribution in [1.29, 1.82) is 0 Å². The topological polar surface area (TPSA) is 88.3 Å². The van der Waals surface area contributed by atoms with E-state index in [1.807, 2.05) is 18.4 Å². The number of hydrogen-bond donors (Lipinski definition) is 1. The van der Waals surface area contributed by atoms with Crippen LogP contribution in [0.25, 0.3) is 11.5 Å². The third kappa shape index (κ3) is 3.29. The largest absolute Gasteiger partial charge is 0.345 e. The molecule has 9 heteroatoms. The number of hydrogen-bond acceptors (Lipinski definition) is 6. The molecule has 7 nitrogen and oxygen atoms in total. The lowest BCUT2D eigenvalue weighted by Crippen LogP contribution is -2.57. The molecule has 0 saturated carbocycles. The molecule has 1 aliphatic heterocycles.